The summed E-state index contributed by atoms with van der Waals surface area (Å²) in [5.74, 6) is 0.679. The van der Waals surface area contributed by atoms with Crippen molar-refractivity contribution >= 4 is 46.6 Å². The lowest BCUT2D eigenvalue weighted by molar-refractivity contribution is 0.102. The molecule has 0 unspecified atom stereocenters. The van der Waals surface area contributed by atoms with Gasteiger partial charge in [0.2, 0.25) is 0 Å². The molecule has 0 aliphatic carbocycles. The van der Waals surface area contributed by atoms with Crippen LogP contribution in [0.15, 0.2) is 71.6 Å². The summed E-state index contributed by atoms with van der Waals surface area (Å²) in [4.78, 5) is 13.6. The SMILES string of the molecule is Cc1ccc(SCc2ccc(C(=O)Nc3ccc(Cl)c(Cl)c3)cc2)cc1. The van der Waals surface area contributed by atoms with Crippen LogP contribution in [0.1, 0.15) is 21.5 Å². The molecule has 1 amide bonds. The van der Waals surface area contributed by atoms with Crippen molar-refractivity contribution in [1.82, 2.24) is 0 Å². The van der Waals surface area contributed by atoms with Gasteiger partial charge in [-0.1, -0.05) is 53.0 Å². The molecule has 1 N–H and O–H groups in total. The van der Waals surface area contributed by atoms with E-state index in [9.17, 15) is 4.79 Å². The molecular formula is C21H17Cl2NOS. The molecule has 0 heterocycles. The molecular weight excluding hydrogens is 385 g/mol. The maximum absolute atomic E-state index is 12.3. The number of amides is 1. The zero-order valence-corrected chi connectivity index (χ0v) is 16.5. The quantitative estimate of drug-likeness (QED) is 0.473. The molecule has 3 aromatic carbocycles. The highest BCUT2D eigenvalue weighted by Gasteiger charge is 2.08. The van der Waals surface area contributed by atoms with E-state index in [2.05, 4.69) is 36.5 Å². The summed E-state index contributed by atoms with van der Waals surface area (Å²) in [5, 5.41) is 3.69. The molecule has 0 aliphatic heterocycles. The largest absolute Gasteiger partial charge is 0.322 e. The van der Waals surface area contributed by atoms with Crippen molar-refractivity contribution < 1.29 is 4.79 Å². The summed E-state index contributed by atoms with van der Waals surface area (Å²) in [6.07, 6.45) is 0. The minimum absolute atomic E-state index is 0.180. The van der Waals surface area contributed by atoms with E-state index in [-0.39, 0.29) is 5.91 Å². The summed E-state index contributed by atoms with van der Waals surface area (Å²) >= 11 is 13.6. The second-order valence-electron chi connectivity index (χ2n) is 5.88. The van der Waals surface area contributed by atoms with Crippen LogP contribution < -0.4 is 5.32 Å². The number of nitrogens with one attached hydrogen (secondary N) is 1. The Hall–Kier alpha value is -1.94. The Morgan fingerprint density at radius 2 is 1.62 bits per heavy atom. The van der Waals surface area contributed by atoms with Crippen molar-refractivity contribution in [3.63, 3.8) is 0 Å². The molecule has 0 atom stereocenters. The maximum atomic E-state index is 12.3. The van der Waals surface area contributed by atoms with Crippen LogP contribution in [-0.4, -0.2) is 5.91 Å². The van der Waals surface area contributed by atoms with Crippen LogP contribution in [0.2, 0.25) is 10.0 Å². The van der Waals surface area contributed by atoms with Gasteiger partial charge in [0.25, 0.3) is 5.91 Å². The number of hydrogen-bond acceptors (Lipinski definition) is 2. The number of rotatable bonds is 5. The molecule has 3 rings (SSSR count). The third-order valence-electron chi connectivity index (χ3n) is 3.82. The molecule has 0 saturated carbocycles. The smallest absolute Gasteiger partial charge is 0.255 e. The third-order valence-corrected chi connectivity index (χ3v) is 5.64. The molecule has 0 spiro atoms. The molecule has 0 aliphatic rings. The topological polar surface area (TPSA) is 29.1 Å². The van der Waals surface area contributed by atoms with Crippen molar-refractivity contribution in [3.05, 3.63) is 93.5 Å². The van der Waals surface area contributed by atoms with E-state index in [1.165, 1.54) is 16.0 Å². The van der Waals surface area contributed by atoms with Gasteiger partial charge >= 0.3 is 0 Å². The minimum atomic E-state index is -0.180. The third kappa shape index (κ3) is 5.04. The summed E-state index contributed by atoms with van der Waals surface area (Å²) in [6, 6.07) is 21.1. The van der Waals surface area contributed by atoms with Crippen LogP contribution >= 0.6 is 35.0 Å². The van der Waals surface area contributed by atoms with E-state index >= 15 is 0 Å². The van der Waals surface area contributed by atoms with Gasteiger partial charge in [-0.25, -0.2) is 0 Å². The van der Waals surface area contributed by atoms with Gasteiger partial charge in [-0.05, 0) is 55.0 Å². The Bertz CT molecular complexity index is 908. The molecule has 0 radical (unpaired) electrons. The lowest BCUT2D eigenvalue weighted by atomic mass is 10.1. The summed E-state index contributed by atoms with van der Waals surface area (Å²) in [6.45, 7) is 2.08. The molecule has 5 heteroatoms. The van der Waals surface area contributed by atoms with Gasteiger partial charge in [-0.15, -0.1) is 11.8 Å². The number of anilines is 1. The van der Waals surface area contributed by atoms with Crippen LogP contribution in [0.25, 0.3) is 0 Å². The fraction of sp³-hybridized carbons (Fsp3) is 0.0952. The number of halogens is 2. The first kappa shape index (κ1) is 18.8. The van der Waals surface area contributed by atoms with Crippen molar-refractivity contribution in [2.24, 2.45) is 0 Å². The molecule has 132 valence electrons. The highest BCUT2D eigenvalue weighted by molar-refractivity contribution is 7.98. The fourth-order valence-corrected chi connectivity index (χ4v) is 3.48. The molecule has 0 aromatic heterocycles. The van der Waals surface area contributed by atoms with Crippen molar-refractivity contribution in [1.29, 1.82) is 0 Å². The molecule has 0 bridgehead atoms. The van der Waals surface area contributed by atoms with Crippen molar-refractivity contribution in [2.45, 2.75) is 17.6 Å². The first-order chi connectivity index (χ1) is 12.5. The van der Waals surface area contributed by atoms with Crippen LogP contribution in [0.4, 0.5) is 5.69 Å². The fourth-order valence-electron chi connectivity index (χ4n) is 2.33. The number of hydrogen-bond donors (Lipinski definition) is 1. The van der Waals surface area contributed by atoms with Crippen molar-refractivity contribution in [2.75, 3.05) is 5.32 Å². The van der Waals surface area contributed by atoms with E-state index < -0.39 is 0 Å². The van der Waals surface area contributed by atoms with Gasteiger partial charge in [0.1, 0.15) is 0 Å². The van der Waals surface area contributed by atoms with Crippen molar-refractivity contribution in [3.8, 4) is 0 Å². The lowest BCUT2D eigenvalue weighted by Gasteiger charge is -2.07. The van der Waals surface area contributed by atoms with E-state index in [0.29, 0.717) is 21.3 Å². The highest BCUT2D eigenvalue weighted by atomic mass is 35.5. The minimum Gasteiger partial charge on any atom is -0.322 e. The predicted molar refractivity (Wildman–Crippen MR) is 112 cm³/mol. The monoisotopic (exact) mass is 401 g/mol. The Balaban J connectivity index is 1.60. The number of thioether (sulfide) groups is 1. The molecule has 3 aromatic rings. The average molecular weight is 402 g/mol. The van der Waals surface area contributed by atoms with Crippen LogP contribution in [0.5, 0.6) is 0 Å². The van der Waals surface area contributed by atoms with Gasteiger partial charge in [0.15, 0.2) is 0 Å². The van der Waals surface area contributed by atoms with Crippen LogP contribution in [0, 0.1) is 6.92 Å². The molecule has 2 nitrogen and oxygen atoms in total. The van der Waals surface area contributed by atoms with Gasteiger partial charge in [-0.3, -0.25) is 4.79 Å². The van der Waals surface area contributed by atoms with E-state index in [0.717, 1.165) is 5.75 Å². The zero-order chi connectivity index (χ0) is 18.5. The van der Waals surface area contributed by atoms with Gasteiger partial charge in [0, 0.05) is 21.9 Å². The Labute approximate surface area is 167 Å². The number of carbonyl (C=O) groups excluding carboxylic acids is 1. The zero-order valence-electron chi connectivity index (χ0n) is 14.1. The Kier molecular flexibility index (Phi) is 6.25. The maximum Gasteiger partial charge on any atom is 0.255 e. The number of carbonyl (C=O) groups is 1. The predicted octanol–water partition coefficient (Wildman–Crippen LogP) is 6.85. The average Bonchev–Trinajstić information content (AvgIpc) is 2.65. The first-order valence-electron chi connectivity index (χ1n) is 8.06. The van der Waals surface area contributed by atoms with Gasteiger partial charge in [0.05, 0.1) is 10.0 Å². The van der Waals surface area contributed by atoms with Crippen LogP contribution in [0.3, 0.4) is 0 Å². The van der Waals surface area contributed by atoms with Gasteiger partial charge < -0.3 is 5.32 Å². The molecule has 0 fully saturated rings. The highest BCUT2D eigenvalue weighted by Crippen LogP contribution is 2.26. The van der Waals surface area contributed by atoms with E-state index in [1.807, 2.05) is 24.3 Å². The Morgan fingerprint density at radius 1 is 0.923 bits per heavy atom. The standard InChI is InChI=1S/C21H17Cl2NOS/c1-14-2-9-18(10-3-14)26-13-15-4-6-16(7-5-15)21(25)24-17-8-11-19(22)20(23)12-17/h2-12H,13H2,1H3,(H,24,25). The summed E-state index contributed by atoms with van der Waals surface area (Å²) < 4.78 is 0. The number of aryl methyl sites for hydroxylation is 1. The number of benzene rings is 3. The summed E-state index contributed by atoms with van der Waals surface area (Å²) in [5.41, 5.74) is 3.64. The Morgan fingerprint density at radius 3 is 2.27 bits per heavy atom. The molecule has 0 saturated heterocycles. The molecule has 26 heavy (non-hydrogen) atoms. The van der Waals surface area contributed by atoms with E-state index in [4.69, 9.17) is 23.2 Å². The second kappa shape index (κ2) is 8.63. The van der Waals surface area contributed by atoms with E-state index in [1.54, 1.807) is 30.0 Å². The van der Waals surface area contributed by atoms with Crippen LogP contribution in [-0.2, 0) is 5.75 Å². The first-order valence-corrected chi connectivity index (χ1v) is 9.80. The normalized spacial score (nSPS) is 10.6. The lowest BCUT2D eigenvalue weighted by Crippen LogP contribution is -2.11. The second-order valence-corrected chi connectivity index (χ2v) is 7.74. The van der Waals surface area contributed by atoms with Gasteiger partial charge in [-0.2, -0.15) is 0 Å². The summed E-state index contributed by atoms with van der Waals surface area (Å²) in [7, 11) is 0.